The first kappa shape index (κ1) is 22.5. The van der Waals surface area contributed by atoms with E-state index in [2.05, 4.69) is 51.0 Å². The molecule has 3 aromatic rings. The van der Waals surface area contributed by atoms with Crippen molar-refractivity contribution < 1.29 is 9.21 Å². The second-order valence-corrected chi connectivity index (χ2v) is 9.38. The van der Waals surface area contributed by atoms with Gasteiger partial charge < -0.3 is 14.6 Å². The average Bonchev–Trinajstić information content (AvgIpc) is 3.45. The van der Waals surface area contributed by atoms with Crippen LogP contribution in [0.25, 0.3) is 0 Å². The molecule has 7 nitrogen and oxygen atoms in total. The van der Waals surface area contributed by atoms with Gasteiger partial charge in [-0.25, -0.2) is 0 Å². The van der Waals surface area contributed by atoms with Crippen LogP contribution in [0, 0.1) is 12.8 Å². The van der Waals surface area contributed by atoms with E-state index in [4.69, 9.17) is 4.42 Å². The number of nitrogens with zero attached hydrogens (tertiary/aromatic N) is 4. The van der Waals surface area contributed by atoms with E-state index in [1.54, 1.807) is 6.26 Å². The molecule has 0 atom stereocenters. The van der Waals surface area contributed by atoms with Crippen molar-refractivity contribution in [2.24, 2.45) is 5.92 Å². The third-order valence-corrected chi connectivity index (χ3v) is 6.93. The van der Waals surface area contributed by atoms with Crippen molar-refractivity contribution in [3.63, 3.8) is 0 Å². The van der Waals surface area contributed by atoms with Gasteiger partial charge in [-0.05, 0) is 55.4 Å². The Morgan fingerprint density at radius 1 is 1.19 bits per heavy atom. The minimum Gasteiger partial charge on any atom is -0.467 e. The van der Waals surface area contributed by atoms with Crippen LogP contribution in [0.15, 0.2) is 52.2 Å². The minimum absolute atomic E-state index is 0.00415. The highest BCUT2D eigenvalue weighted by Gasteiger charge is 2.23. The summed E-state index contributed by atoms with van der Waals surface area (Å²) in [6.45, 7) is 7.52. The molecule has 1 N–H and O–H groups in total. The lowest BCUT2D eigenvalue weighted by Gasteiger charge is -2.31. The van der Waals surface area contributed by atoms with E-state index in [1.807, 2.05) is 24.3 Å². The van der Waals surface area contributed by atoms with Gasteiger partial charge in [0.15, 0.2) is 5.16 Å². The monoisotopic (exact) mass is 453 g/mol. The van der Waals surface area contributed by atoms with Crippen molar-refractivity contribution in [1.29, 1.82) is 0 Å². The summed E-state index contributed by atoms with van der Waals surface area (Å²) in [7, 11) is 0. The third-order valence-electron chi connectivity index (χ3n) is 5.97. The lowest BCUT2D eigenvalue weighted by Crippen LogP contribution is -2.35. The quantitative estimate of drug-likeness (QED) is 0.495. The normalized spacial score (nSPS) is 14.6. The van der Waals surface area contributed by atoms with Gasteiger partial charge in [0.05, 0.1) is 18.6 Å². The van der Waals surface area contributed by atoms with Crippen LogP contribution in [0.5, 0.6) is 0 Å². The van der Waals surface area contributed by atoms with Gasteiger partial charge in [-0.3, -0.25) is 9.36 Å². The molecule has 2 aromatic heterocycles. The van der Waals surface area contributed by atoms with Gasteiger partial charge in [0.2, 0.25) is 11.9 Å². The summed E-state index contributed by atoms with van der Waals surface area (Å²) in [5.41, 5.74) is 2.51. The Labute approximate surface area is 193 Å². The summed E-state index contributed by atoms with van der Waals surface area (Å²) in [5.74, 6) is 2.76. The van der Waals surface area contributed by atoms with Crippen molar-refractivity contribution in [2.45, 2.75) is 44.8 Å². The Kier molecular flexibility index (Phi) is 7.52. The van der Waals surface area contributed by atoms with Crippen molar-refractivity contribution >= 4 is 23.6 Å². The summed E-state index contributed by atoms with van der Waals surface area (Å²) < 4.78 is 7.64. The Morgan fingerprint density at radius 3 is 2.75 bits per heavy atom. The van der Waals surface area contributed by atoms with Crippen LogP contribution in [-0.2, 0) is 17.8 Å². The summed E-state index contributed by atoms with van der Waals surface area (Å²) in [5, 5.41) is 12.7. The lowest BCUT2D eigenvalue weighted by molar-refractivity contribution is -0.118. The summed E-state index contributed by atoms with van der Waals surface area (Å²) in [6, 6.07) is 12.1. The molecular weight excluding hydrogens is 422 g/mol. The maximum atomic E-state index is 12.4. The molecule has 4 rings (SSSR count). The number of thioether (sulfide) groups is 1. The fourth-order valence-corrected chi connectivity index (χ4v) is 4.70. The maximum absolute atomic E-state index is 12.4. The largest absolute Gasteiger partial charge is 0.467 e. The number of nitrogens with one attached hydrogen (secondary N) is 1. The fraction of sp³-hybridized carbons (Fsp3) is 0.458. The smallest absolute Gasteiger partial charge is 0.230 e. The standard InChI is InChI=1S/C24H31N5O2S/c1-18-10-13-28(14-11-18)23-26-27-24(29(23)16-21-8-5-15-31-21)32-17-22(30)25-12-9-20-7-4-3-6-19(20)2/h3-8,15,18H,9-14,16-17H2,1-2H3,(H,25,30). The van der Waals surface area contributed by atoms with Gasteiger partial charge in [0, 0.05) is 19.6 Å². The highest BCUT2D eigenvalue weighted by Crippen LogP contribution is 2.27. The van der Waals surface area contributed by atoms with Gasteiger partial charge in [-0.15, -0.1) is 10.2 Å². The topological polar surface area (TPSA) is 76.2 Å². The van der Waals surface area contributed by atoms with Gasteiger partial charge >= 0.3 is 0 Å². The lowest BCUT2D eigenvalue weighted by atomic mass is 10.00. The average molecular weight is 454 g/mol. The van der Waals surface area contributed by atoms with E-state index in [0.29, 0.717) is 18.8 Å². The number of hydrogen-bond donors (Lipinski definition) is 1. The molecular formula is C24H31N5O2S. The zero-order valence-corrected chi connectivity index (χ0v) is 19.6. The van der Waals surface area contributed by atoms with Crippen LogP contribution in [0.3, 0.4) is 0 Å². The van der Waals surface area contributed by atoms with Gasteiger partial charge in [-0.1, -0.05) is 43.0 Å². The molecule has 1 aromatic carbocycles. The molecule has 170 valence electrons. The van der Waals surface area contributed by atoms with Gasteiger partial charge in [0.25, 0.3) is 0 Å². The van der Waals surface area contributed by atoms with Crippen LogP contribution >= 0.6 is 11.8 Å². The second kappa shape index (κ2) is 10.7. The maximum Gasteiger partial charge on any atom is 0.230 e. The van der Waals surface area contributed by atoms with Crippen molar-refractivity contribution in [2.75, 3.05) is 30.3 Å². The van der Waals surface area contributed by atoms with Gasteiger partial charge in [0.1, 0.15) is 5.76 Å². The first-order valence-electron chi connectivity index (χ1n) is 11.2. The van der Waals surface area contributed by atoms with E-state index < -0.39 is 0 Å². The van der Waals surface area contributed by atoms with E-state index in [-0.39, 0.29) is 5.91 Å². The zero-order valence-electron chi connectivity index (χ0n) is 18.8. The van der Waals surface area contributed by atoms with Crippen LogP contribution in [0.4, 0.5) is 5.95 Å². The van der Waals surface area contributed by atoms with Crippen LogP contribution < -0.4 is 10.2 Å². The molecule has 0 radical (unpaired) electrons. The molecule has 0 aliphatic carbocycles. The fourth-order valence-electron chi connectivity index (χ4n) is 3.94. The minimum atomic E-state index is 0.00415. The number of anilines is 1. The number of aromatic nitrogens is 3. The highest BCUT2D eigenvalue weighted by molar-refractivity contribution is 7.99. The molecule has 1 amide bonds. The third kappa shape index (κ3) is 5.73. The van der Waals surface area contributed by atoms with Crippen LogP contribution in [0.1, 0.15) is 36.7 Å². The molecule has 0 saturated carbocycles. The molecule has 1 aliphatic rings. The first-order chi connectivity index (χ1) is 15.6. The number of amides is 1. The Morgan fingerprint density at radius 2 is 2.00 bits per heavy atom. The van der Waals surface area contributed by atoms with E-state index in [0.717, 1.165) is 55.1 Å². The van der Waals surface area contributed by atoms with Crippen molar-refractivity contribution in [1.82, 2.24) is 20.1 Å². The van der Waals surface area contributed by atoms with E-state index in [1.165, 1.54) is 22.9 Å². The van der Waals surface area contributed by atoms with E-state index >= 15 is 0 Å². The molecule has 1 fully saturated rings. The van der Waals surface area contributed by atoms with Crippen molar-refractivity contribution in [3.05, 3.63) is 59.5 Å². The van der Waals surface area contributed by atoms with Gasteiger partial charge in [-0.2, -0.15) is 0 Å². The Hall–Kier alpha value is -2.74. The number of benzene rings is 1. The van der Waals surface area contributed by atoms with E-state index in [9.17, 15) is 4.79 Å². The number of rotatable bonds is 9. The Bertz CT molecular complexity index is 1010. The molecule has 0 bridgehead atoms. The molecule has 0 unspecified atom stereocenters. The number of furan rings is 1. The number of carbonyl (C=O) groups is 1. The number of hydrogen-bond acceptors (Lipinski definition) is 6. The molecule has 0 spiro atoms. The summed E-state index contributed by atoms with van der Waals surface area (Å²) in [6.07, 6.45) is 4.81. The first-order valence-corrected chi connectivity index (χ1v) is 12.2. The molecule has 1 aliphatic heterocycles. The summed E-state index contributed by atoms with van der Waals surface area (Å²) in [4.78, 5) is 14.7. The van der Waals surface area contributed by atoms with Crippen LogP contribution in [-0.4, -0.2) is 46.1 Å². The predicted molar refractivity (Wildman–Crippen MR) is 127 cm³/mol. The SMILES string of the molecule is Cc1ccccc1CCNC(=O)CSc1nnc(N2CCC(C)CC2)n1Cc1ccco1. The predicted octanol–water partition coefficient (Wildman–Crippen LogP) is 3.92. The number of aryl methyl sites for hydroxylation is 1. The number of carbonyl (C=O) groups excluding carboxylic acids is 1. The summed E-state index contributed by atoms with van der Waals surface area (Å²) >= 11 is 1.42. The van der Waals surface area contributed by atoms with Crippen molar-refractivity contribution in [3.8, 4) is 0 Å². The molecule has 8 heteroatoms. The highest BCUT2D eigenvalue weighted by atomic mass is 32.2. The molecule has 32 heavy (non-hydrogen) atoms. The molecule has 3 heterocycles. The van der Waals surface area contributed by atoms with Crippen LogP contribution in [0.2, 0.25) is 0 Å². The molecule has 1 saturated heterocycles. The zero-order chi connectivity index (χ0) is 22.3. The number of piperidine rings is 1. The second-order valence-electron chi connectivity index (χ2n) is 8.43. The Balaban J connectivity index is 1.36.